The molecule has 2 heterocycles. The Morgan fingerprint density at radius 1 is 1.27 bits per heavy atom. The van der Waals surface area contributed by atoms with Crippen molar-refractivity contribution < 1.29 is 9.53 Å². The van der Waals surface area contributed by atoms with Crippen LogP contribution in [-0.4, -0.2) is 45.3 Å². The van der Waals surface area contributed by atoms with E-state index in [1.54, 1.807) is 18.2 Å². The SMILES string of the molecule is Cc1nc(C)n(CC2CCCN(C(=O)COc3cc(Cl)cc(Cl)c3)C2)n1. The molecular formula is C18H22Cl2N4O2. The Kier molecular flexibility index (Phi) is 6.04. The van der Waals surface area contributed by atoms with Crippen LogP contribution >= 0.6 is 23.2 Å². The largest absolute Gasteiger partial charge is 0.484 e. The summed E-state index contributed by atoms with van der Waals surface area (Å²) >= 11 is 11.9. The fourth-order valence-corrected chi connectivity index (χ4v) is 3.77. The van der Waals surface area contributed by atoms with E-state index in [4.69, 9.17) is 27.9 Å². The molecule has 1 aromatic carbocycles. The number of piperidine rings is 1. The summed E-state index contributed by atoms with van der Waals surface area (Å²) in [6.45, 7) is 6.06. The standard InChI is InChI=1S/C18H22Cl2N4O2/c1-12-21-13(2)24(22-12)10-14-4-3-5-23(9-14)18(25)11-26-17-7-15(19)6-16(20)8-17/h6-8,14H,3-5,9-11H2,1-2H3. The van der Waals surface area contributed by atoms with Crippen LogP contribution in [0.15, 0.2) is 18.2 Å². The molecule has 0 N–H and O–H groups in total. The number of ether oxygens (including phenoxy) is 1. The summed E-state index contributed by atoms with van der Waals surface area (Å²) in [5, 5.41) is 5.38. The number of amides is 1. The minimum absolute atomic E-state index is 0.0230. The topological polar surface area (TPSA) is 60.2 Å². The minimum atomic E-state index is -0.0303. The van der Waals surface area contributed by atoms with Gasteiger partial charge in [-0.25, -0.2) is 9.67 Å². The molecule has 1 aromatic heterocycles. The van der Waals surface area contributed by atoms with Gasteiger partial charge in [0.2, 0.25) is 0 Å². The van der Waals surface area contributed by atoms with Crippen molar-refractivity contribution in [3.05, 3.63) is 39.9 Å². The van der Waals surface area contributed by atoms with Gasteiger partial charge in [-0.1, -0.05) is 23.2 Å². The zero-order valence-corrected chi connectivity index (χ0v) is 16.4. The van der Waals surface area contributed by atoms with Gasteiger partial charge >= 0.3 is 0 Å². The first-order valence-electron chi connectivity index (χ1n) is 8.65. The van der Waals surface area contributed by atoms with Gasteiger partial charge < -0.3 is 9.64 Å². The van der Waals surface area contributed by atoms with E-state index in [2.05, 4.69) is 10.1 Å². The molecule has 0 bridgehead atoms. The van der Waals surface area contributed by atoms with Crippen molar-refractivity contribution in [1.82, 2.24) is 19.7 Å². The highest BCUT2D eigenvalue weighted by Crippen LogP contribution is 2.24. The Hall–Kier alpha value is -1.79. The number of aryl methyl sites for hydroxylation is 2. The molecule has 2 aromatic rings. The first-order valence-corrected chi connectivity index (χ1v) is 9.41. The van der Waals surface area contributed by atoms with Gasteiger partial charge in [0.15, 0.2) is 6.61 Å². The molecule has 1 saturated heterocycles. The molecule has 0 aliphatic carbocycles. The van der Waals surface area contributed by atoms with Crippen molar-refractivity contribution in [3.63, 3.8) is 0 Å². The molecule has 8 heteroatoms. The van der Waals surface area contributed by atoms with E-state index >= 15 is 0 Å². The maximum atomic E-state index is 12.5. The van der Waals surface area contributed by atoms with Crippen LogP contribution in [0.3, 0.4) is 0 Å². The number of rotatable bonds is 5. The Morgan fingerprint density at radius 2 is 2.00 bits per heavy atom. The lowest BCUT2D eigenvalue weighted by Crippen LogP contribution is -2.43. The van der Waals surface area contributed by atoms with Crippen LogP contribution in [0.4, 0.5) is 0 Å². The van der Waals surface area contributed by atoms with Crippen LogP contribution in [0.1, 0.15) is 24.5 Å². The third-order valence-corrected chi connectivity index (χ3v) is 4.90. The number of nitrogens with zero attached hydrogens (tertiary/aromatic N) is 4. The number of benzene rings is 1. The fourth-order valence-electron chi connectivity index (χ4n) is 3.27. The highest BCUT2D eigenvalue weighted by atomic mass is 35.5. The predicted molar refractivity (Wildman–Crippen MR) is 101 cm³/mol. The molecule has 1 unspecified atom stereocenters. The van der Waals surface area contributed by atoms with E-state index in [0.717, 1.165) is 37.6 Å². The lowest BCUT2D eigenvalue weighted by Gasteiger charge is -2.32. The number of halogens is 2. The normalized spacial score (nSPS) is 17.4. The van der Waals surface area contributed by atoms with E-state index < -0.39 is 0 Å². The van der Waals surface area contributed by atoms with Gasteiger partial charge in [0.25, 0.3) is 5.91 Å². The quantitative estimate of drug-likeness (QED) is 0.775. The molecule has 3 rings (SSSR count). The van der Waals surface area contributed by atoms with E-state index in [-0.39, 0.29) is 12.5 Å². The lowest BCUT2D eigenvalue weighted by atomic mass is 9.98. The molecule has 1 aliphatic heterocycles. The first kappa shape index (κ1) is 19.0. The number of hydrogen-bond acceptors (Lipinski definition) is 4. The summed E-state index contributed by atoms with van der Waals surface area (Å²) in [7, 11) is 0. The summed E-state index contributed by atoms with van der Waals surface area (Å²) in [6.07, 6.45) is 2.05. The van der Waals surface area contributed by atoms with Gasteiger partial charge in [0, 0.05) is 29.7 Å². The van der Waals surface area contributed by atoms with Crippen molar-refractivity contribution in [2.24, 2.45) is 5.92 Å². The average Bonchev–Trinajstić information content (AvgIpc) is 2.89. The van der Waals surface area contributed by atoms with Crippen molar-refractivity contribution in [3.8, 4) is 5.75 Å². The second kappa shape index (κ2) is 8.27. The molecule has 1 aliphatic rings. The Bertz CT molecular complexity index is 773. The smallest absolute Gasteiger partial charge is 0.260 e. The predicted octanol–water partition coefficient (Wildman–Crippen LogP) is 3.52. The minimum Gasteiger partial charge on any atom is -0.484 e. The van der Waals surface area contributed by atoms with Gasteiger partial charge in [-0.15, -0.1) is 0 Å². The highest BCUT2D eigenvalue weighted by Gasteiger charge is 2.25. The second-order valence-corrected chi connectivity index (χ2v) is 7.50. The third kappa shape index (κ3) is 4.89. The van der Waals surface area contributed by atoms with Gasteiger partial charge in [0.1, 0.15) is 17.4 Å². The second-order valence-electron chi connectivity index (χ2n) is 6.63. The van der Waals surface area contributed by atoms with Crippen LogP contribution < -0.4 is 4.74 Å². The van der Waals surface area contributed by atoms with Crippen molar-refractivity contribution in [1.29, 1.82) is 0 Å². The Morgan fingerprint density at radius 3 is 2.65 bits per heavy atom. The molecule has 0 radical (unpaired) electrons. The number of carbonyl (C=O) groups is 1. The van der Waals surface area contributed by atoms with Gasteiger partial charge in [-0.2, -0.15) is 5.10 Å². The first-order chi connectivity index (χ1) is 12.4. The molecular weight excluding hydrogens is 375 g/mol. The fraction of sp³-hybridized carbons (Fsp3) is 0.500. The molecule has 140 valence electrons. The monoisotopic (exact) mass is 396 g/mol. The van der Waals surface area contributed by atoms with E-state index in [9.17, 15) is 4.79 Å². The van der Waals surface area contributed by atoms with Crippen LogP contribution in [0.2, 0.25) is 10.0 Å². The van der Waals surface area contributed by atoms with Crippen LogP contribution in [0.5, 0.6) is 5.75 Å². The summed E-state index contributed by atoms with van der Waals surface area (Å²) in [4.78, 5) is 18.7. The molecule has 0 spiro atoms. The molecule has 1 fully saturated rings. The Labute approximate surface area is 163 Å². The number of likely N-dealkylation sites (tertiary alicyclic amines) is 1. The lowest BCUT2D eigenvalue weighted by molar-refractivity contribution is -0.135. The maximum absolute atomic E-state index is 12.5. The maximum Gasteiger partial charge on any atom is 0.260 e. The summed E-state index contributed by atoms with van der Waals surface area (Å²) in [6, 6.07) is 4.92. The van der Waals surface area contributed by atoms with E-state index in [1.807, 2.05) is 23.4 Å². The van der Waals surface area contributed by atoms with E-state index in [0.29, 0.717) is 28.3 Å². The van der Waals surface area contributed by atoms with Gasteiger partial charge in [-0.3, -0.25) is 4.79 Å². The zero-order valence-electron chi connectivity index (χ0n) is 14.9. The van der Waals surface area contributed by atoms with Gasteiger partial charge in [0.05, 0.1) is 0 Å². The molecule has 1 amide bonds. The average molecular weight is 397 g/mol. The van der Waals surface area contributed by atoms with E-state index in [1.165, 1.54) is 0 Å². The van der Waals surface area contributed by atoms with Crippen molar-refractivity contribution >= 4 is 29.1 Å². The van der Waals surface area contributed by atoms with Crippen molar-refractivity contribution in [2.45, 2.75) is 33.2 Å². The van der Waals surface area contributed by atoms with Gasteiger partial charge in [-0.05, 0) is 50.8 Å². The molecule has 6 nitrogen and oxygen atoms in total. The Balaban J connectivity index is 1.55. The molecule has 1 atom stereocenters. The van der Waals surface area contributed by atoms with Crippen LogP contribution in [-0.2, 0) is 11.3 Å². The van der Waals surface area contributed by atoms with Crippen LogP contribution in [0, 0.1) is 19.8 Å². The third-order valence-electron chi connectivity index (χ3n) is 4.46. The number of carbonyl (C=O) groups excluding carboxylic acids is 1. The number of aromatic nitrogens is 3. The van der Waals surface area contributed by atoms with Crippen molar-refractivity contribution in [2.75, 3.05) is 19.7 Å². The molecule has 26 heavy (non-hydrogen) atoms. The number of hydrogen-bond donors (Lipinski definition) is 0. The zero-order chi connectivity index (χ0) is 18.7. The van der Waals surface area contributed by atoms with Crippen LogP contribution in [0.25, 0.3) is 0 Å². The molecule has 0 saturated carbocycles. The summed E-state index contributed by atoms with van der Waals surface area (Å²) in [5.74, 6) is 2.52. The summed E-state index contributed by atoms with van der Waals surface area (Å²) < 4.78 is 7.50. The summed E-state index contributed by atoms with van der Waals surface area (Å²) in [5.41, 5.74) is 0. The highest BCUT2D eigenvalue weighted by molar-refractivity contribution is 6.34.